The molecule has 0 unspecified atom stereocenters. The third-order valence-electron chi connectivity index (χ3n) is 8.82. The number of halogens is 1. The van der Waals surface area contributed by atoms with Gasteiger partial charge in [-0.1, -0.05) is 24.3 Å². The van der Waals surface area contributed by atoms with E-state index in [0.717, 1.165) is 11.1 Å². The van der Waals surface area contributed by atoms with Crippen molar-refractivity contribution < 1.29 is 37.3 Å². The van der Waals surface area contributed by atoms with Gasteiger partial charge in [0.05, 0.1) is 24.2 Å². The Morgan fingerprint density at radius 3 is 2.52 bits per heavy atom. The minimum Gasteiger partial charge on any atom is -0.465 e. The Kier molecular flexibility index (Phi) is 7.90. The van der Waals surface area contributed by atoms with E-state index in [0.29, 0.717) is 44.6 Å². The fraction of sp³-hybridized carbons (Fsp3) is 0.364. The lowest BCUT2D eigenvalue weighted by atomic mass is 9.86. The summed E-state index contributed by atoms with van der Waals surface area (Å²) in [6.45, 7) is 7.08. The number of carbonyl (C=O) groups is 2. The molecule has 0 bridgehead atoms. The Labute approximate surface area is 265 Å². The van der Waals surface area contributed by atoms with Gasteiger partial charge in [0.1, 0.15) is 5.60 Å². The van der Waals surface area contributed by atoms with Gasteiger partial charge in [-0.25, -0.2) is 18.2 Å². The Morgan fingerprint density at radius 2 is 1.83 bits per heavy atom. The number of morpholine rings is 1. The number of carboxylic acid groups (broad SMARTS) is 1. The number of pyridine rings is 1. The number of aryl methyl sites for hydroxylation is 2. The fourth-order valence-electron chi connectivity index (χ4n) is 6.39. The van der Waals surface area contributed by atoms with Gasteiger partial charge in [-0.15, -0.1) is 0 Å². The SMILES string of the molecule is Cc1ccccc1S(=O)(=O)n1c(F)c(C)c2cc(-c3cc4c(c([C@@H]5COCCN5C(=O)O)c3)CN(C(=O)C(C)(C)O)CC4)cnc21. The van der Waals surface area contributed by atoms with Crippen molar-refractivity contribution in [1.82, 2.24) is 18.8 Å². The fourth-order valence-corrected chi connectivity index (χ4v) is 8.03. The number of aromatic nitrogens is 2. The Morgan fingerprint density at radius 1 is 1.09 bits per heavy atom. The summed E-state index contributed by atoms with van der Waals surface area (Å²) in [5.74, 6) is -1.36. The molecule has 2 aliphatic heterocycles. The minimum atomic E-state index is -4.30. The monoisotopic (exact) mass is 650 g/mol. The van der Waals surface area contributed by atoms with Gasteiger partial charge >= 0.3 is 6.09 Å². The number of fused-ring (bicyclic) bond motifs is 2. The van der Waals surface area contributed by atoms with E-state index in [1.807, 2.05) is 12.1 Å². The molecular weight excluding hydrogens is 615 g/mol. The number of benzene rings is 2. The van der Waals surface area contributed by atoms with Gasteiger partial charge in [0, 0.05) is 42.3 Å². The lowest BCUT2D eigenvalue weighted by molar-refractivity contribution is -0.148. The molecule has 2 aromatic carbocycles. The van der Waals surface area contributed by atoms with Gasteiger partial charge < -0.3 is 19.8 Å². The Bertz CT molecular complexity index is 2000. The van der Waals surface area contributed by atoms with Gasteiger partial charge in [-0.05, 0) is 80.1 Å². The number of nitrogens with zero attached hydrogens (tertiary/aromatic N) is 4. The van der Waals surface area contributed by atoms with E-state index in [9.17, 15) is 28.2 Å². The zero-order chi connectivity index (χ0) is 33.1. The highest BCUT2D eigenvalue weighted by molar-refractivity contribution is 7.90. The van der Waals surface area contributed by atoms with E-state index in [1.54, 1.807) is 36.1 Å². The van der Waals surface area contributed by atoms with Crippen LogP contribution < -0.4 is 0 Å². The van der Waals surface area contributed by atoms with Crippen LogP contribution in [0, 0.1) is 19.8 Å². The van der Waals surface area contributed by atoms with Crippen LogP contribution in [-0.2, 0) is 32.5 Å². The summed E-state index contributed by atoms with van der Waals surface area (Å²) >= 11 is 0. The number of hydrogen-bond donors (Lipinski definition) is 2. The van der Waals surface area contributed by atoms with E-state index in [1.165, 1.54) is 37.9 Å². The van der Waals surface area contributed by atoms with Gasteiger partial charge in [0.15, 0.2) is 5.65 Å². The quantitative estimate of drug-likeness (QED) is 0.324. The van der Waals surface area contributed by atoms with Crippen molar-refractivity contribution in [2.45, 2.75) is 57.2 Å². The number of ether oxygens (including phenoxy) is 1. The van der Waals surface area contributed by atoms with E-state index >= 15 is 4.39 Å². The second-order valence-electron chi connectivity index (χ2n) is 12.4. The molecular formula is C33H35FN4O7S. The van der Waals surface area contributed by atoms with Crippen LogP contribution in [0.15, 0.2) is 53.6 Å². The van der Waals surface area contributed by atoms with Crippen molar-refractivity contribution >= 4 is 33.1 Å². The zero-order valence-corrected chi connectivity index (χ0v) is 26.8. The highest BCUT2D eigenvalue weighted by Gasteiger charge is 2.36. The summed E-state index contributed by atoms with van der Waals surface area (Å²) in [6.07, 6.45) is 0.834. The summed E-state index contributed by atoms with van der Waals surface area (Å²) in [5, 5.41) is 20.7. The van der Waals surface area contributed by atoms with Crippen LogP contribution in [0.1, 0.15) is 47.7 Å². The summed E-state index contributed by atoms with van der Waals surface area (Å²) in [5.41, 5.74) is 2.57. The Balaban J connectivity index is 1.49. The van der Waals surface area contributed by atoms with Crippen LogP contribution >= 0.6 is 0 Å². The third kappa shape index (κ3) is 5.31. The average Bonchev–Trinajstić information content (AvgIpc) is 3.28. The second kappa shape index (κ2) is 11.5. The van der Waals surface area contributed by atoms with E-state index in [-0.39, 0.29) is 42.4 Å². The molecule has 0 spiro atoms. The first-order valence-electron chi connectivity index (χ1n) is 14.9. The lowest BCUT2D eigenvalue weighted by Crippen LogP contribution is -2.48. The van der Waals surface area contributed by atoms with Crippen molar-refractivity contribution in [3.63, 3.8) is 0 Å². The van der Waals surface area contributed by atoms with Crippen LogP contribution in [0.25, 0.3) is 22.2 Å². The molecule has 2 aliphatic rings. The standard InChI is InChI=1S/C33H35FN4O7S/c1-19-7-5-6-8-28(19)46(43,44)38-29(34)20(2)24-15-23(16-35-30(24)38)22-13-21-9-10-36(31(39)33(3,4)42)17-26(21)25(14-22)27-18-45-12-11-37(27)32(40)41/h5-8,13-16,27,42H,9-12,17-18H2,1-4H3,(H,40,41)/t27-/m0/s1. The first kappa shape index (κ1) is 31.6. The smallest absolute Gasteiger partial charge is 0.407 e. The molecule has 0 saturated carbocycles. The summed E-state index contributed by atoms with van der Waals surface area (Å²) in [7, 11) is -4.30. The molecule has 0 aliphatic carbocycles. The molecule has 4 heterocycles. The highest BCUT2D eigenvalue weighted by Crippen LogP contribution is 2.38. The molecule has 1 atom stereocenters. The van der Waals surface area contributed by atoms with Crippen molar-refractivity contribution in [2.24, 2.45) is 0 Å². The number of rotatable bonds is 5. The first-order chi connectivity index (χ1) is 21.7. The van der Waals surface area contributed by atoms with Crippen LogP contribution in [0.5, 0.6) is 0 Å². The van der Waals surface area contributed by atoms with Gasteiger partial charge in [0.2, 0.25) is 5.95 Å². The molecule has 6 rings (SSSR count). The highest BCUT2D eigenvalue weighted by atomic mass is 32.2. The predicted octanol–water partition coefficient (Wildman–Crippen LogP) is 4.40. The molecule has 13 heteroatoms. The minimum absolute atomic E-state index is 0.0224. The van der Waals surface area contributed by atoms with Gasteiger partial charge in [-0.3, -0.25) is 9.69 Å². The molecule has 46 heavy (non-hydrogen) atoms. The molecule has 2 aromatic heterocycles. The molecule has 242 valence electrons. The van der Waals surface area contributed by atoms with Crippen molar-refractivity contribution in [3.8, 4) is 11.1 Å². The first-order valence-corrected chi connectivity index (χ1v) is 16.4. The predicted molar refractivity (Wildman–Crippen MR) is 167 cm³/mol. The van der Waals surface area contributed by atoms with Gasteiger partial charge in [-0.2, -0.15) is 8.36 Å². The summed E-state index contributed by atoms with van der Waals surface area (Å²) in [4.78, 5) is 32.6. The van der Waals surface area contributed by atoms with Crippen molar-refractivity contribution in [1.29, 1.82) is 0 Å². The maximum Gasteiger partial charge on any atom is 0.407 e. The molecule has 1 fully saturated rings. The van der Waals surface area contributed by atoms with E-state index < -0.39 is 39.6 Å². The van der Waals surface area contributed by atoms with Crippen molar-refractivity contribution in [2.75, 3.05) is 26.3 Å². The molecule has 2 N–H and O–H groups in total. The van der Waals surface area contributed by atoms with Crippen LogP contribution in [-0.4, -0.2) is 81.3 Å². The topological polar surface area (TPSA) is 142 Å². The summed E-state index contributed by atoms with van der Waals surface area (Å²) < 4.78 is 49.3. The van der Waals surface area contributed by atoms with E-state index in [2.05, 4.69) is 4.98 Å². The summed E-state index contributed by atoms with van der Waals surface area (Å²) in [6, 6.07) is 11.2. The molecule has 4 aromatic rings. The van der Waals surface area contributed by atoms with Crippen molar-refractivity contribution in [3.05, 3.63) is 82.4 Å². The largest absolute Gasteiger partial charge is 0.465 e. The number of hydrogen-bond acceptors (Lipinski definition) is 7. The average molecular weight is 651 g/mol. The lowest BCUT2D eigenvalue weighted by Gasteiger charge is -2.39. The third-order valence-corrected chi connectivity index (χ3v) is 10.6. The molecule has 11 nitrogen and oxygen atoms in total. The maximum atomic E-state index is 15.7. The maximum absolute atomic E-state index is 15.7. The number of amides is 2. The zero-order valence-electron chi connectivity index (χ0n) is 25.9. The number of aliphatic hydroxyl groups is 1. The van der Waals surface area contributed by atoms with E-state index in [4.69, 9.17) is 4.74 Å². The van der Waals surface area contributed by atoms with Crippen LogP contribution in [0.2, 0.25) is 0 Å². The second-order valence-corrected chi connectivity index (χ2v) is 14.1. The normalized spacial score (nSPS) is 17.3. The van der Waals surface area contributed by atoms with Crippen LogP contribution in [0.4, 0.5) is 9.18 Å². The van der Waals surface area contributed by atoms with Gasteiger partial charge in [0.25, 0.3) is 15.9 Å². The molecule has 2 amide bonds. The molecule has 0 radical (unpaired) electrons. The van der Waals surface area contributed by atoms with Crippen LogP contribution in [0.3, 0.4) is 0 Å². The molecule has 1 saturated heterocycles. The number of carbonyl (C=O) groups excluding carboxylic acids is 1. The Hall–Kier alpha value is -4.33.